The Bertz CT molecular complexity index is 309. The summed E-state index contributed by atoms with van der Waals surface area (Å²) in [6.45, 7) is 12.0. The third-order valence-electron chi connectivity index (χ3n) is 1.56. The maximum atomic E-state index is 3.81. The molecular weight excluding hydrogens is 222 g/mol. The zero-order valence-electron chi connectivity index (χ0n) is 12.4. The zero-order chi connectivity index (χ0) is 14.2. The van der Waals surface area contributed by atoms with Crippen LogP contribution in [-0.2, 0) is 0 Å². The SMILES string of the molecule is CC.CC.Cc1ccccc1.Cc1cnncn1. The second-order valence-corrected chi connectivity index (χ2v) is 2.90. The second kappa shape index (κ2) is 15.2. The fraction of sp³-hybridized carbons (Fsp3) is 0.400. The summed E-state index contributed by atoms with van der Waals surface area (Å²) in [5, 5.41) is 7.06. The standard InChI is InChI=1S/C7H8.C4H5N3.2C2H6/c1-7-5-3-2-4-6-7;1-4-2-6-7-3-5-4;2*1-2/h2-6H,1H3;2-3H,1H3;2*1-2H3. The number of hydrogen-bond acceptors (Lipinski definition) is 3. The predicted molar refractivity (Wildman–Crippen MR) is 78.4 cm³/mol. The average Bonchev–Trinajstić information content (AvgIpc) is 2.46. The van der Waals surface area contributed by atoms with Crippen LogP contribution in [0, 0.1) is 13.8 Å². The quantitative estimate of drug-likeness (QED) is 0.699. The highest BCUT2D eigenvalue weighted by atomic mass is 15.1. The lowest BCUT2D eigenvalue weighted by atomic mass is 10.2. The molecule has 0 spiro atoms. The lowest BCUT2D eigenvalue weighted by molar-refractivity contribution is 0.939. The molecule has 0 saturated carbocycles. The topological polar surface area (TPSA) is 38.7 Å². The van der Waals surface area contributed by atoms with Crippen molar-refractivity contribution in [1.29, 1.82) is 0 Å². The molecule has 0 aliphatic heterocycles. The summed E-state index contributed by atoms with van der Waals surface area (Å²) in [4.78, 5) is 3.81. The van der Waals surface area contributed by atoms with Gasteiger partial charge in [0.05, 0.1) is 11.9 Å². The molecule has 1 aromatic heterocycles. The molecule has 100 valence electrons. The second-order valence-electron chi connectivity index (χ2n) is 2.90. The summed E-state index contributed by atoms with van der Waals surface area (Å²) in [5.41, 5.74) is 2.22. The van der Waals surface area contributed by atoms with E-state index in [1.807, 2.05) is 52.8 Å². The molecule has 0 unspecified atom stereocenters. The summed E-state index contributed by atoms with van der Waals surface area (Å²) >= 11 is 0. The van der Waals surface area contributed by atoms with Crippen molar-refractivity contribution in [3.8, 4) is 0 Å². The smallest absolute Gasteiger partial charge is 0.138 e. The van der Waals surface area contributed by atoms with Crippen LogP contribution >= 0.6 is 0 Å². The first-order chi connectivity index (χ1) is 8.79. The molecule has 0 bridgehead atoms. The Hall–Kier alpha value is -1.77. The van der Waals surface area contributed by atoms with Gasteiger partial charge in [0.2, 0.25) is 0 Å². The molecule has 0 aliphatic carbocycles. The van der Waals surface area contributed by atoms with Gasteiger partial charge in [0.25, 0.3) is 0 Å². The Morgan fingerprint density at radius 1 is 0.778 bits per heavy atom. The van der Waals surface area contributed by atoms with Gasteiger partial charge in [-0.3, -0.25) is 0 Å². The van der Waals surface area contributed by atoms with E-state index in [0.717, 1.165) is 5.69 Å². The van der Waals surface area contributed by atoms with E-state index in [2.05, 4.69) is 34.2 Å². The van der Waals surface area contributed by atoms with Crippen LogP contribution in [0.25, 0.3) is 0 Å². The predicted octanol–water partition coefficient (Wildman–Crippen LogP) is 4.23. The van der Waals surface area contributed by atoms with Crippen molar-refractivity contribution in [3.63, 3.8) is 0 Å². The molecule has 0 atom stereocenters. The molecule has 3 heteroatoms. The van der Waals surface area contributed by atoms with Crippen molar-refractivity contribution in [2.45, 2.75) is 41.5 Å². The van der Waals surface area contributed by atoms with Crippen molar-refractivity contribution < 1.29 is 0 Å². The van der Waals surface area contributed by atoms with Gasteiger partial charge in [0, 0.05) is 0 Å². The third-order valence-corrected chi connectivity index (χ3v) is 1.56. The van der Waals surface area contributed by atoms with Crippen molar-refractivity contribution in [2.24, 2.45) is 0 Å². The van der Waals surface area contributed by atoms with Gasteiger partial charge >= 0.3 is 0 Å². The number of aryl methyl sites for hydroxylation is 2. The Morgan fingerprint density at radius 3 is 1.56 bits per heavy atom. The number of nitrogens with zero attached hydrogens (tertiary/aromatic N) is 3. The number of rotatable bonds is 0. The van der Waals surface area contributed by atoms with Gasteiger partial charge in [-0.15, -0.1) is 5.10 Å². The molecule has 1 heterocycles. The average molecular weight is 247 g/mol. The summed E-state index contributed by atoms with van der Waals surface area (Å²) in [7, 11) is 0. The first-order valence-corrected chi connectivity index (χ1v) is 6.40. The fourth-order valence-electron chi connectivity index (χ4n) is 0.831. The Kier molecular flexibility index (Phi) is 15.7. The fourth-order valence-corrected chi connectivity index (χ4v) is 0.831. The molecule has 18 heavy (non-hydrogen) atoms. The molecule has 0 saturated heterocycles. The van der Waals surface area contributed by atoms with E-state index >= 15 is 0 Å². The van der Waals surface area contributed by atoms with Gasteiger partial charge in [-0.05, 0) is 13.8 Å². The summed E-state index contributed by atoms with van der Waals surface area (Å²) in [6, 6.07) is 10.3. The monoisotopic (exact) mass is 247 g/mol. The maximum Gasteiger partial charge on any atom is 0.138 e. The van der Waals surface area contributed by atoms with Crippen LogP contribution in [0.15, 0.2) is 42.9 Å². The van der Waals surface area contributed by atoms with E-state index in [4.69, 9.17) is 0 Å². The zero-order valence-corrected chi connectivity index (χ0v) is 12.4. The van der Waals surface area contributed by atoms with E-state index in [1.54, 1.807) is 6.20 Å². The Morgan fingerprint density at radius 2 is 1.33 bits per heavy atom. The molecule has 2 aromatic rings. The van der Waals surface area contributed by atoms with Crippen molar-refractivity contribution in [3.05, 3.63) is 54.1 Å². The molecule has 0 fully saturated rings. The highest BCUT2D eigenvalue weighted by Gasteiger charge is 1.75. The van der Waals surface area contributed by atoms with Gasteiger partial charge in [-0.25, -0.2) is 4.98 Å². The number of hydrogen-bond donors (Lipinski definition) is 0. The molecule has 3 nitrogen and oxygen atoms in total. The van der Waals surface area contributed by atoms with Crippen LogP contribution in [0.4, 0.5) is 0 Å². The van der Waals surface area contributed by atoms with Crippen LogP contribution in [-0.4, -0.2) is 15.2 Å². The van der Waals surface area contributed by atoms with Crippen molar-refractivity contribution in [2.75, 3.05) is 0 Å². The van der Waals surface area contributed by atoms with Crippen LogP contribution in [0.2, 0.25) is 0 Å². The van der Waals surface area contributed by atoms with E-state index < -0.39 is 0 Å². The molecule has 1 aromatic carbocycles. The minimum atomic E-state index is 0.898. The normalized spacial score (nSPS) is 7.44. The molecule has 0 N–H and O–H groups in total. The molecular formula is C15H25N3. The van der Waals surface area contributed by atoms with E-state index in [9.17, 15) is 0 Å². The summed E-state index contributed by atoms with van der Waals surface area (Å²) in [6.07, 6.45) is 3.04. The lowest BCUT2D eigenvalue weighted by Crippen LogP contribution is -1.83. The van der Waals surface area contributed by atoms with Crippen molar-refractivity contribution >= 4 is 0 Å². The van der Waals surface area contributed by atoms with E-state index in [-0.39, 0.29) is 0 Å². The van der Waals surface area contributed by atoms with Crippen LogP contribution < -0.4 is 0 Å². The first-order valence-electron chi connectivity index (χ1n) is 6.40. The Balaban J connectivity index is 0. The van der Waals surface area contributed by atoms with Gasteiger partial charge in [-0.1, -0.05) is 63.6 Å². The molecule has 0 radical (unpaired) electrons. The highest BCUT2D eigenvalue weighted by Crippen LogP contribution is 1.92. The minimum Gasteiger partial charge on any atom is -0.238 e. The summed E-state index contributed by atoms with van der Waals surface area (Å²) < 4.78 is 0. The van der Waals surface area contributed by atoms with Crippen LogP contribution in [0.1, 0.15) is 39.0 Å². The lowest BCUT2D eigenvalue weighted by Gasteiger charge is -1.82. The van der Waals surface area contributed by atoms with Crippen LogP contribution in [0.5, 0.6) is 0 Å². The maximum absolute atomic E-state index is 3.81. The Labute approximate surface area is 111 Å². The molecule has 0 aliphatic rings. The van der Waals surface area contributed by atoms with Gasteiger partial charge in [-0.2, -0.15) is 5.10 Å². The van der Waals surface area contributed by atoms with E-state index in [1.165, 1.54) is 11.9 Å². The highest BCUT2D eigenvalue weighted by molar-refractivity contribution is 5.11. The first kappa shape index (κ1) is 18.6. The molecule has 2 rings (SSSR count). The van der Waals surface area contributed by atoms with E-state index in [0.29, 0.717) is 0 Å². The number of benzene rings is 1. The molecule has 0 amide bonds. The van der Waals surface area contributed by atoms with Crippen molar-refractivity contribution in [1.82, 2.24) is 15.2 Å². The summed E-state index contributed by atoms with van der Waals surface area (Å²) in [5.74, 6) is 0. The largest absolute Gasteiger partial charge is 0.238 e. The minimum absolute atomic E-state index is 0.898. The number of aromatic nitrogens is 3. The van der Waals surface area contributed by atoms with Gasteiger partial charge in [0.15, 0.2) is 0 Å². The van der Waals surface area contributed by atoms with Gasteiger partial charge in [0.1, 0.15) is 6.33 Å². The van der Waals surface area contributed by atoms with Crippen LogP contribution in [0.3, 0.4) is 0 Å². The third kappa shape index (κ3) is 12.3. The van der Waals surface area contributed by atoms with Gasteiger partial charge < -0.3 is 0 Å².